The zero-order valence-electron chi connectivity index (χ0n) is 20.6. The predicted molar refractivity (Wildman–Crippen MR) is 148 cm³/mol. The lowest BCUT2D eigenvalue weighted by Gasteiger charge is -2.13. The van der Waals surface area contributed by atoms with Gasteiger partial charge in [-0.2, -0.15) is 0 Å². The number of rotatable bonds is 13. The standard InChI is InChI=1S/C28H33NO4S2/c1-5-15-29-27(30)26(35-28(29)34)19-21-9-14-24(25(18-21)31-7-3)33-17-8-16-32-23-12-10-22(11-13-23)20(4)6-2/h5,9-14,18-20H,1,6-8,15-17H2,2-4H3/b26-19+/t20-/m0/s1. The van der Waals surface area contributed by atoms with Gasteiger partial charge in [0.2, 0.25) is 0 Å². The summed E-state index contributed by atoms with van der Waals surface area (Å²) in [7, 11) is 0. The summed E-state index contributed by atoms with van der Waals surface area (Å²) in [6, 6.07) is 14.0. The molecule has 0 spiro atoms. The van der Waals surface area contributed by atoms with E-state index < -0.39 is 0 Å². The Kier molecular flexibility index (Phi) is 10.2. The minimum atomic E-state index is -0.104. The van der Waals surface area contributed by atoms with Crippen molar-refractivity contribution in [3.63, 3.8) is 0 Å². The van der Waals surface area contributed by atoms with Crippen LogP contribution in [0.5, 0.6) is 17.2 Å². The second kappa shape index (κ2) is 13.4. The van der Waals surface area contributed by atoms with Gasteiger partial charge in [0.15, 0.2) is 11.5 Å². The summed E-state index contributed by atoms with van der Waals surface area (Å²) in [6.07, 6.45) is 5.36. The summed E-state index contributed by atoms with van der Waals surface area (Å²) < 4.78 is 18.2. The number of carbonyl (C=O) groups excluding carboxylic acids is 1. The highest BCUT2D eigenvalue weighted by atomic mass is 32.2. The lowest BCUT2D eigenvalue weighted by molar-refractivity contribution is -0.121. The van der Waals surface area contributed by atoms with Gasteiger partial charge in [0.1, 0.15) is 10.1 Å². The van der Waals surface area contributed by atoms with E-state index in [2.05, 4.69) is 32.6 Å². The normalized spacial score (nSPS) is 15.4. The van der Waals surface area contributed by atoms with Crippen molar-refractivity contribution >= 4 is 40.3 Å². The Morgan fingerprint density at radius 3 is 2.49 bits per heavy atom. The molecule has 1 aliphatic rings. The van der Waals surface area contributed by atoms with E-state index in [1.54, 1.807) is 11.0 Å². The fourth-order valence-electron chi connectivity index (χ4n) is 3.50. The third-order valence-corrected chi connectivity index (χ3v) is 7.00. The fraction of sp³-hybridized carbons (Fsp3) is 0.357. The molecule has 2 aromatic carbocycles. The van der Waals surface area contributed by atoms with Crippen molar-refractivity contribution in [1.82, 2.24) is 4.90 Å². The van der Waals surface area contributed by atoms with Crippen LogP contribution >= 0.6 is 24.0 Å². The highest BCUT2D eigenvalue weighted by Gasteiger charge is 2.31. The Balaban J connectivity index is 1.55. The van der Waals surface area contributed by atoms with Gasteiger partial charge in [0.05, 0.1) is 24.7 Å². The molecule has 0 aliphatic carbocycles. The number of benzene rings is 2. The minimum Gasteiger partial charge on any atom is -0.493 e. The molecule has 1 fully saturated rings. The number of carbonyl (C=O) groups is 1. The number of nitrogens with zero attached hydrogens (tertiary/aromatic N) is 1. The number of hydrogen-bond acceptors (Lipinski definition) is 6. The highest BCUT2D eigenvalue weighted by Crippen LogP contribution is 2.35. The lowest BCUT2D eigenvalue weighted by atomic mass is 9.99. The van der Waals surface area contributed by atoms with Crippen LogP contribution in [0.4, 0.5) is 0 Å². The number of hydrogen-bond donors (Lipinski definition) is 0. The van der Waals surface area contributed by atoms with Crippen LogP contribution in [-0.4, -0.2) is 41.5 Å². The van der Waals surface area contributed by atoms with Crippen LogP contribution in [0.15, 0.2) is 60.0 Å². The van der Waals surface area contributed by atoms with Crippen molar-refractivity contribution in [3.8, 4) is 17.2 Å². The Hall–Kier alpha value is -2.77. The summed E-state index contributed by atoms with van der Waals surface area (Å²) in [5.74, 6) is 2.63. The molecule has 1 amide bonds. The number of thiocarbonyl (C=S) groups is 1. The maximum Gasteiger partial charge on any atom is 0.266 e. The molecule has 0 aromatic heterocycles. The molecule has 3 rings (SSSR count). The van der Waals surface area contributed by atoms with Crippen LogP contribution in [0, 0.1) is 0 Å². The molecule has 1 saturated heterocycles. The first-order valence-electron chi connectivity index (χ1n) is 12.0. The van der Waals surface area contributed by atoms with Gasteiger partial charge in [0, 0.05) is 13.0 Å². The SMILES string of the molecule is C=CCN1C(=O)/C(=C\c2ccc(OCCCOc3ccc([C@@H](C)CC)cc3)c(OCC)c2)SC1=S. The predicted octanol–water partition coefficient (Wildman–Crippen LogP) is 6.83. The zero-order valence-corrected chi connectivity index (χ0v) is 22.3. The van der Waals surface area contributed by atoms with E-state index in [4.69, 9.17) is 26.4 Å². The average molecular weight is 512 g/mol. The minimum absolute atomic E-state index is 0.104. The zero-order chi connectivity index (χ0) is 25.2. The monoisotopic (exact) mass is 511 g/mol. The van der Waals surface area contributed by atoms with Gasteiger partial charge in [-0.25, -0.2) is 0 Å². The highest BCUT2D eigenvalue weighted by molar-refractivity contribution is 8.26. The van der Waals surface area contributed by atoms with E-state index in [1.165, 1.54) is 17.3 Å². The second-order valence-corrected chi connectivity index (χ2v) is 9.82. The van der Waals surface area contributed by atoms with Gasteiger partial charge in [0.25, 0.3) is 5.91 Å². The van der Waals surface area contributed by atoms with Gasteiger partial charge in [-0.15, -0.1) is 6.58 Å². The largest absolute Gasteiger partial charge is 0.493 e. The molecule has 0 radical (unpaired) electrons. The van der Waals surface area contributed by atoms with Gasteiger partial charge in [-0.05, 0) is 60.7 Å². The summed E-state index contributed by atoms with van der Waals surface area (Å²) >= 11 is 6.61. The summed E-state index contributed by atoms with van der Waals surface area (Å²) in [4.78, 5) is 14.7. The van der Waals surface area contributed by atoms with Crippen LogP contribution in [-0.2, 0) is 4.79 Å². The molecule has 0 unspecified atom stereocenters. The Morgan fingerprint density at radius 1 is 1.06 bits per heavy atom. The molecule has 7 heteroatoms. The molecule has 0 N–H and O–H groups in total. The quantitative estimate of drug-likeness (QED) is 0.127. The first-order chi connectivity index (χ1) is 17.0. The van der Waals surface area contributed by atoms with Crippen molar-refractivity contribution in [1.29, 1.82) is 0 Å². The molecule has 1 atom stereocenters. The Morgan fingerprint density at radius 2 is 1.80 bits per heavy atom. The smallest absolute Gasteiger partial charge is 0.266 e. The molecule has 0 saturated carbocycles. The molecule has 35 heavy (non-hydrogen) atoms. The summed E-state index contributed by atoms with van der Waals surface area (Å²) in [6.45, 7) is 12.0. The average Bonchev–Trinajstić information content (AvgIpc) is 3.12. The number of ether oxygens (including phenoxy) is 3. The van der Waals surface area contributed by atoms with E-state index in [1.807, 2.05) is 43.3 Å². The number of amides is 1. The van der Waals surface area contributed by atoms with Gasteiger partial charge < -0.3 is 14.2 Å². The lowest BCUT2D eigenvalue weighted by Crippen LogP contribution is -2.27. The molecule has 1 aliphatic heterocycles. The van der Waals surface area contributed by atoms with Crippen LogP contribution < -0.4 is 14.2 Å². The fourth-order valence-corrected chi connectivity index (χ4v) is 4.77. The first-order valence-corrected chi connectivity index (χ1v) is 13.2. The van der Waals surface area contributed by atoms with Gasteiger partial charge in [-0.3, -0.25) is 9.69 Å². The maximum atomic E-state index is 12.6. The Bertz CT molecular complexity index is 1070. The van der Waals surface area contributed by atoms with Crippen LogP contribution in [0.2, 0.25) is 0 Å². The van der Waals surface area contributed by atoms with Crippen molar-refractivity contribution in [3.05, 3.63) is 71.2 Å². The van der Waals surface area contributed by atoms with Crippen molar-refractivity contribution < 1.29 is 19.0 Å². The molecule has 5 nitrogen and oxygen atoms in total. The molecule has 186 valence electrons. The molecule has 2 aromatic rings. The Labute approximate surface area is 218 Å². The summed E-state index contributed by atoms with van der Waals surface area (Å²) in [5, 5.41) is 0. The van der Waals surface area contributed by atoms with Crippen LogP contribution in [0.25, 0.3) is 6.08 Å². The van der Waals surface area contributed by atoms with Crippen molar-refractivity contribution in [2.75, 3.05) is 26.4 Å². The van der Waals surface area contributed by atoms with E-state index in [9.17, 15) is 4.79 Å². The van der Waals surface area contributed by atoms with Crippen LogP contribution in [0.1, 0.15) is 50.7 Å². The van der Waals surface area contributed by atoms with E-state index in [-0.39, 0.29) is 5.91 Å². The van der Waals surface area contributed by atoms with Crippen LogP contribution in [0.3, 0.4) is 0 Å². The third-order valence-electron chi connectivity index (χ3n) is 5.63. The van der Waals surface area contributed by atoms with E-state index >= 15 is 0 Å². The van der Waals surface area contributed by atoms with E-state index in [0.717, 1.165) is 24.2 Å². The topological polar surface area (TPSA) is 48.0 Å². The van der Waals surface area contributed by atoms with Crippen molar-refractivity contribution in [2.45, 2.75) is 39.5 Å². The van der Waals surface area contributed by atoms with Gasteiger partial charge >= 0.3 is 0 Å². The maximum absolute atomic E-state index is 12.6. The second-order valence-electron chi connectivity index (χ2n) is 8.15. The molecular weight excluding hydrogens is 478 g/mol. The molecule has 1 heterocycles. The van der Waals surface area contributed by atoms with Crippen molar-refractivity contribution in [2.24, 2.45) is 0 Å². The molecule has 0 bridgehead atoms. The summed E-state index contributed by atoms with van der Waals surface area (Å²) in [5.41, 5.74) is 2.18. The third kappa shape index (κ3) is 7.36. The molecular formula is C28H33NO4S2. The van der Waals surface area contributed by atoms with Gasteiger partial charge in [-0.1, -0.05) is 62.1 Å². The first kappa shape index (κ1) is 26.8. The van der Waals surface area contributed by atoms with E-state index in [0.29, 0.717) is 53.0 Å². The number of thioether (sulfide) groups is 1.